The van der Waals surface area contributed by atoms with E-state index >= 15 is 0 Å². The summed E-state index contributed by atoms with van der Waals surface area (Å²) in [5.41, 5.74) is 0. The van der Waals surface area contributed by atoms with Gasteiger partial charge in [0, 0.05) is 21.5 Å². The van der Waals surface area contributed by atoms with Gasteiger partial charge < -0.3 is 47.4 Å². The minimum atomic E-state index is -0.0817. The summed E-state index contributed by atoms with van der Waals surface area (Å²) < 4.78 is 56.0. The fraction of sp³-hybridized carbons (Fsp3) is 0.667. The van der Waals surface area contributed by atoms with Gasteiger partial charge in [0.1, 0.15) is 13.2 Å². The van der Waals surface area contributed by atoms with Crippen LogP contribution in [-0.4, -0.2) is 105 Å². The maximum atomic E-state index is 5.80. The monoisotopic (exact) mass is 546 g/mol. The van der Waals surface area contributed by atoms with Gasteiger partial charge >= 0.3 is 0 Å². The highest BCUT2D eigenvalue weighted by atomic mass is 32.1. The number of fused-ring (bicyclic) bond motifs is 2. The van der Waals surface area contributed by atoms with Crippen molar-refractivity contribution in [2.75, 3.05) is 92.5 Å². The third kappa shape index (κ3) is 9.67. The van der Waals surface area contributed by atoms with Gasteiger partial charge in [-0.1, -0.05) is 0 Å². The van der Waals surface area contributed by atoms with E-state index in [0.29, 0.717) is 92.5 Å². The highest BCUT2D eigenvalue weighted by Gasteiger charge is 2.22. The number of ether oxygens (including phenoxy) is 10. The maximum Gasteiger partial charge on any atom is 0.172 e. The van der Waals surface area contributed by atoms with Crippen LogP contribution in [0.25, 0.3) is 0 Å². The molecule has 4 heterocycles. The topological polar surface area (TPSA) is 92.3 Å². The van der Waals surface area contributed by atoms with Gasteiger partial charge in [-0.05, 0) is 0 Å². The largest absolute Gasteiger partial charge is 0.485 e. The van der Waals surface area contributed by atoms with E-state index in [4.69, 9.17) is 47.4 Å². The molecule has 0 fully saturated rings. The van der Waals surface area contributed by atoms with Crippen LogP contribution in [0.2, 0.25) is 0 Å². The fourth-order valence-corrected chi connectivity index (χ4v) is 4.66. The number of rotatable bonds is 19. The SMILES string of the molecule is c1scc2c1OCC(COCCOCCOCCOCCOCCOCC1COc3cscc3O1)O2. The average Bonchev–Trinajstić information content (AvgIpc) is 3.56. The second kappa shape index (κ2) is 16.3. The predicted molar refractivity (Wildman–Crippen MR) is 133 cm³/mol. The number of hydrogen-bond donors (Lipinski definition) is 0. The van der Waals surface area contributed by atoms with E-state index in [-0.39, 0.29) is 12.2 Å². The van der Waals surface area contributed by atoms with E-state index in [1.54, 1.807) is 22.7 Å². The second-order valence-corrected chi connectivity index (χ2v) is 9.39. The van der Waals surface area contributed by atoms with E-state index in [1.807, 2.05) is 21.5 Å². The van der Waals surface area contributed by atoms with Gasteiger partial charge in [-0.2, -0.15) is 0 Å². The summed E-state index contributed by atoms with van der Waals surface area (Å²) in [4.78, 5) is 0. The lowest BCUT2D eigenvalue weighted by Gasteiger charge is -2.24. The van der Waals surface area contributed by atoms with E-state index in [0.717, 1.165) is 23.0 Å². The molecule has 10 nitrogen and oxygen atoms in total. The molecule has 2 atom stereocenters. The van der Waals surface area contributed by atoms with Gasteiger partial charge in [0.05, 0.1) is 79.3 Å². The molecular formula is C24H34O10S2. The molecule has 2 aliphatic rings. The molecule has 2 unspecified atom stereocenters. The van der Waals surface area contributed by atoms with Gasteiger partial charge in [0.2, 0.25) is 0 Å². The summed E-state index contributed by atoms with van der Waals surface area (Å²) in [6, 6.07) is 0. The van der Waals surface area contributed by atoms with E-state index < -0.39 is 0 Å². The van der Waals surface area contributed by atoms with Crippen LogP contribution < -0.4 is 18.9 Å². The molecule has 0 saturated heterocycles. The highest BCUT2D eigenvalue weighted by molar-refractivity contribution is 7.08. The van der Waals surface area contributed by atoms with Crippen molar-refractivity contribution in [2.24, 2.45) is 0 Å². The Morgan fingerprint density at radius 2 is 0.833 bits per heavy atom. The van der Waals surface area contributed by atoms with Crippen LogP contribution in [0.4, 0.5) is 0 Å². The Hall–Kier alpha value is -1.64. The standard InChI is InChI=1S/C24H34O10S2/c1(25-3-5-27-7-9-29-11-19-13-31-21-15-35-17-23(21)33-19)2-26-4-6-28-8-10-30-12-20-14-32-22-16-36-18-24(22)34-20/h15-20H,1-14H2. The van der Waals surface area contributed by atoms with E-state index in [1.165, 1.54) is 0 Å². The first-order valence-electron chi connectivity index (χ1n) is 12.1. The lowest BCUT2D eigenvalue weighted by atomic mass is 10.3. The Labute approximate surface area is 219 Å². The number of thiophene rings is 2. The molecule has 0 spiro atoms. The Balaban J connectivity index is 0.834. The Bertz CT molecular complexity index is 776. The molecule has 0 N–H and O–H groups in total. The molecular weight excluding hydrogens is 512 g/mol. The van der Waals surface area contributed by atoms with Crippen LogP contribution in [0, 0.1) is 0 Å². The normalized spacial score (nSPS) is 18.4. The first-order valence-corrected chi connectivity index (χ1v) is 13.9. The zero-order valence-corrected chi connectivity index (χ0v) is 21.9. The van der Waals surface area contributed by atoms with Crippen molar-refractivity contribution in [3.8, 4) is 23.0 Å². The minimum absolute atomic E-state index is 0.0817. The second-order valence-electron chi connectivity index (χ2n) is 7.90. The van der Waals surface area contributed by atoms with Gasteiger partial charge in [0.15, 0.2) is 35.2 Å². The molecule has 0 aromatic carbocycles. The minimum Gasteiger partial charge on any atom is -0.485 e. The quantitative estimate of drug-likeness (QED) is 0.245. The molecule has 0 radical (unpaired) electrons. The van der Waals surface area contributed by atoms with Gasteiger partial charge in [-0.15, -0.1) is 22.7 Å². The summed E-state index contributed by atoms with van der Waals surface area (Å²) in [7, 11) is 0. The van der Waals surface area contributed by atoms with Gasteiger partial charge in [-0.3, -0.25) is 0 Å². The lowest BCUT2D eigenvalue weighted by Crippen LogP contribution is -2.33. The summed E-state index contributed by atoms with van der Waals surface area (Å²) >= 11 is 3.13. The first kappa shape index (κ1) is 27.4. The molecule has 2 aliphatic heterocycles. The van der Waals surface area contributed by atoms with Gasteiger partial charge in [-0.25, -0.2) is 0 Å². The van der Waals surface area contributed by atoms with Crippen LogP contribution in [0.5, 0.6) is 23.0 Å². The molecule has 202 valence electrons. The zero-order valence-electron chi connectivity index (χ0n) is 20.3. The summed E-state index contributed by atoms with van der Waals surface area (Å²) in [5.74, 6) is 3.22. The van der Waals surface area contributed by atoms with E-state index in [9.17, 15) is 0 Å². The van der Waals surface area contributed by atoms with Crippen LogP contribution >= 0.6 is 22.7 Å². The average molecular weight is 547 g/mol. The van der Waals surface area contributed by atoms with Crippen LogP contribution in [0.15, 0.2) is 21.5 Å². The van der Waals surface area contributed by atoms with Crippen molar-refractivity contribution in [1.82, 2.24) is 0 Å². The molecule has 36 heavy (non-hydrogen) atoms. The summed E-state index contributed by atoms with van der Waals surface area (Å²) in [6.07, 6.45) is -0.163. The third-order valence-corrected chi connectivity index (χ3v) is 6.49. The van der Waals surface area contributed by atoms with Crippen molar-refractivity contribution in [3.05, 3.63) is 21.5 Å². The Morgan fingerprint density at radius 3 is 1.22 bits per heavy atom. The van der Waals surface area contributed by atoms with Crippen molar-refractivity contribution in [2.45, 2.75) is 12.2 Å². The van der Waals surface area contributed by atoms with E-state index in [2.05, 4.69) is 0 Å². The molecule has 2 aromatic rings. The van der Waals surface area contributed by atoms with Crippen molar-refractivity contribution in [1.29, 1.82) is 0 Å². The molecule has 12 heteroatoms. The third-order valence-electron chi connectivity index (χ3n) is 5.09. The van der Waals surface area contributed by atoms with Crippen LogP contribution in [0.1, 0.15) is 0 Å². The maximum absolute atomic E-state index is 5.80. The van der Waals surface area contributed by atoms with Gasteiger partial charge in [0.25, 0.3) is 0 Å². The molecule has 0 bridgehead atoms. The molecule has 0 amide bonds. The summed E-state index contributed by atoms with van der Waals surface area (Å²) in [6.45, 7) is 7.08. The molecule has 2 aromatic heterocycles. The molecule has 0 aliphatic carbocycles. The Morgan fingerprint density at radius 1 is 0.500 bits per heavy atom. The molecule has 4 rings (SSSR count). The predicted octanol–water partition coefficient (Wildman–Crippen LogP) is 2.89. The summed E-state index contributed by atoms with van der Waals surface area (Å²) in [5, 5.41) is 7.75. The Kier molecular flexibility index (Phi) is 12.4. The number of hydrogen-bond acceptors (Lipinski definition) is 12. The van der Waals surface area contributed by atoms with Crippen molar-refractivity contribution < 1.29 is 47.4 Å². The first-order chi connectivity index (χ1) is 17.9. The fourth-order valence-electron chi connectivity index (χ4n) is 3.31. The van der Waals surface area contributed by atoms with Crippen LogP contribution in [0.3, 0.4) is 0 Å². The van der Waals surface area contributed by atoms with Crippen LogP contribution in [-0.2, 0) is 28.4 Å². The highest BCUT2D eigenvalue weighted by Crippen LogP contribution is 2.36. The smallest absolute Gasteiger partial charge is 0.172 e. The van der Waals surface area contributed by atoms with Crippen molar-refractivity contribution in [3.63, 3.8) is 0 Å². The van der Waals surface area contributed by atoms with Crippen molar-refractivity contribution >= 4 is 22.7 Å². The zero-order chi connectivity index (χ0) is 24.7. The molecule has 0 saturated carbocycles. The lowest BCUT2D eigenvalue weighted by molar-refractivity contribution is -0.0327.